The molecule has 23 heavy (non-hydrogen) atoms. The van der Waals surface area contributed by atoms with E-state index in [9.17, 15) is 9.59 Å². The third-order valence-corrected chi connectivity index (χ3v) is 2.56. The highest BCUT2D eigenvalue weighted by molar-refractivity contribution is 5.76. The van der Waals surface area contributed by atoms with Crippen LogP contribution in [-0.2, 0) is 0 Å². The van der Waals surface area contributed by atoms with Gasteiger partial charge in [0.2, 0.25) is 0 Å². The Balaban J connectivity index is 0.000000615. The van der Waals surface area contributed by atoms with Gasteiger partial charge in [0.05, 0.1) is 0 Å². The molecule has 0 unspecified atom stereocenters. The van der Waals surface area contributed by atoms with Gasteiger partial charge in [0.25, 0.3) is 0 Å². The number of hydrogen-bond donors (Lipinski definition) is 2. The van der Waals surface area contributed by atoms with E-state index in [1.165, 1.54) is 6.20 Å². The second-order valence-electron chi connectivity index (χ2n) is 3.86. The Morgan fingerprint density at radius 2 is 1.48 bits per heavy atom. The van der Waals surface area contributed by atoms with Gasteiger partial charge in [0, 0.05) is 12.3 Å². The standard InChI is InChI=1S/C13H9N3O3.2C2H6/c17-12-13(18)16-11-10(15-12)9(6-7-14-11)19-8-4-2-1-3-5-8;2*1-2/h1-7H,(H,15,17)(H,14,16,18);2*1-2H3. The van der Waals surface area contributed by atoms with Crippen molar-refractivity contribution in [1.29, 1.82) is 0 Å². The highest BCUT2D eigenvalue weighted by atomic mass is 16.5. The molecule has 0 aliphatic rings. The van der Waals surface area contributed by atoms with Gasteiger partial charge in [-0.25, -0.2) is 4.98 Å². The number of rotatable bonds is 2. The van der Waals surface area contributed by atoms with Crippen molar-refractivity contribution in [3.05, 3.63) is 63.3 Å². The molecular weight excluding hydrogens is 294 g/mol. The molecule has 6 nitrogen and oxygen atoms in total. The lowest BCUT2D eigenvalue weighted by atomic mass is 10.3. The molecule has 0 saturated heterocycles. The van der Waals surface area contributed by atoms with Gasteiger partial charge in [-0.2, -0.15) is 0 Å². The first kappa shape index (κ1) is 18.2. The summed E-state index contributed by atoms with van der Waals surface area (Å²) in [5.41, 5.74) is -0.843. The number of para-hydroxylation sites is 1. The highest BCUT2D eigenvalue weighted by Crippen LogP contribution is 2.24. The molecule has 2 heterocycles. The van der Waals surface area contributed by atoms with Crippen molar-refractivity contribution in [2.24, 2.45) is 0 Å². The number of benzene rings is 1. The smallest absolute Gasteiger partial charge is 0.315 e. The van der Waals surface area contributed by atoms with E-state index in [2.05, 4.69) is 15.0 Å². The maximum Gasteiger partial charge on any atom is 0.315 e. The lowest BCUT2D eigenvalue weighted by Crippen LogP contribution is -2.29. The molecule has 1 aromatic carbocycles. The summed E-state index contributed by atoms with van der Waals surface area (Å²) in [5, 5.41) is 0. The van der Waals surface area contributed by atoms with Crippen molar-refractivity contribution in [2.75, 3.05) is 0 Å². The number of nitrogens with zero attached hydrogens (tertiary/aromatic N) is 1. The van der Waals surface area contributed by atoms with Crippen molar-refractivity contribution >= 4 is 11.2 Å². The number of aromatic amines is 2. The Labute approximate surface area is 134 Å². The quantitative estimate of drug-likeness (QED) is 0.709. The molecule has 3 rings (SSSR count). The molecule has 0 radical (unpaired) electrons. The van der Waals surface area contributed by atoms with Gasteiger partial charge >= 0.3 is 11.1 Å². The first-order valence-electron chi connectivity index (χ1n) is 7.58. The fourth-order valence-corrected chi connectivity index (χ4v) is 1.69. The van der Waals surface area contributed by atoms with Crippen molar-refractivity contribution in [3.63, 3.8) is 0 Å². The molecule has 0 fully saturated rings. The predicted molar refractivity (Wildman–Crippen MR) is 92.2 cm³/mol. The van der Waals surface area contributed by atoms with E-state index in [-0.39, 0.29) is 5.65 Å². The number of hydrogen-bond acceptors (Lipinski definition) is 4. The second kappa shape index (κ2) is 9.19. The molecule has 0 aliphatic heterocycles. The zero-order valence-corrected chi connectivity index (χ0v) is 13.7. The summed E-state index contributed by atoms with van der Waals surface area (Å²) in [6, 6.07) is 10.7. The van der Waals surface area contributed by atoms with Crippen LogP contribution in [0.15, 0.2) is 52.2 Å². The number of nitrogens with one attached hydrogen (secondary N) is 2. The molecule has 2 aromatic heterocycles. The van der Waals surface area contributed by atoms with Crippen LogP contribution in [0.3, 0.4) is 0 Å². The molecule has 2 N–H and O–H groups in total. The summed E-state index contributed by atoms with van der Waals surface area (Å²) in [6.45, 7) is 8.00. The monoisotopic (exact) mass is 315 g/mol. The van der Waals surface area contributed by atoms with Crippen molar-refractivity contribution in [1.82, 2.24) is 15.0 Å². The maximum absolute atomic E-state index is 11.4. The van der Waals surface area contributed by atoms with E-state index >= 15 is 0 Å². The van der Waals surface area contributed by atoms with Crippen LogP contribution in [0.4, 0.5) is 0 Å². The minimum absolute atomic E-state index is 0.276. The fraction of sp³-hybridized carbons (Fsp3) is 0.235. The molecule has 0 saturated carbocycles. The number of aromatic nitrogens is 3. The Hall–Kier alpha value is -2.89. The number of pyridine rings is 1. The largest absolute Gasteiger partial charge is 0.455 e. The highest BCUT2D eigenvalue weighted by Gasteiger charge is 2.07. The minimum atomic E-state index is -0.739. The first-order valence-corrected chi connectivity index (χ1v) is 7.58. The summed E-state index contributed by atoms with van der Waals surface area (Å²) in [7, 11) is 0. The summed E-state index contributed by atoms with van der Waals surface area (Å²) in [4.78, 5) is 31.4. The average Bonchev–Trinajstić information content (AvgIpc) is 2.61. The van der Waals surface area contributed by atoms with Crippen LogP contribution in [0.5, 0.6) is 11.5 Å². The number of ether oxygens (including phenoxy) is 1. The van der Waals surface area contributed by atoms with Crippen molar-refractivity contribution in [3.8, 4) is 11.5 Å². The molecule has 6 heteroatoms. The van der Waals surface area contributed by atoms with Gasteiger partial charge < -0.3 is 14.7 Å². The summed E-state index contributed by atoms with van der Waals surface area (Å²) in [5.74, 6) is 1.05. The topological polar surface area (TPSA) is 87.8 Å². The zero-order valence-electron chi connectivity index (χ0n) is 13.7. The van der Waals surface area contributed by atoms with Crippen molar-refractivity contribution in [2.45, 2.75) is 27.7 Å². The van der Waals surface area contributed by atoms with Gasteiger partial charge in [-0.15, -0.1) is 0 Å². The lowest BCUT2D eigenvalue weighted by Gasteiger charge is -2.07. The van der Waals surface area contributed by atoms with Gasteiger partial charge in [-0.3, -0.25) is 9.59 Å². The van der Waals surface area contributed by atoms with E-state index in [0.29, 0.717) is 17.0 Å². The Bertz CT molecular complexity index is 839. The second-order valence-corrected chi connectivity index (χ2v) is 3.86. The van der Waals surface area contributed by atoms with Crippen LogP contribution in [0.25, 0.3) is 11.2 Å². The number of fused-ring (bicyclic) bond motifs is 1. The van der Waals surface area contributed by atoms with E-state index in [1.54, 1.807) is 18.2 Å². The average molecular weight is 315 g/mol. The Morgan fingerprint density at radius 1 is 0.870 bits per heavy atom. The predicted octanol–water partition coefficient (Wildman–Crippen LogP) is 3.46. The summed E-state index contributed by atoms with van der Waals surface area (Å²) < 4.78 is 5.65. The molecule has 3 aromatic rings. The summed E-state index contributed by atoms with van der Waals surface area (Å²) in [6.07, 6.45) is 1.49. The van der Waals surface area contributed by atoms with E-state index in [1.807, 2.05) is 45.9 Å². The van der Waals surface area contributed by atoms with Gasteiger partial charge in [-0.1, -0.05) is 45.9 Å². The zero-order chi connectivity index (χ0) is 17.2. The van der Waals surface area contributed by atoms with Crippen molar-refractivity contribution < 1.29 is 4.74 Å². The lowest BCUT2D eigenvalue weighted by molar-refractivity contribution is 0.486. The molecule has 0 aliphatic carbocycles. The molecule has 0 bridgehead atoms. The first-order chi connectivity index (χ1) is 11.2. The Kier molecular flexibility index (Phi) is 7.26. The molecule has 122 valence electrons. The number of H-pyrrole nitrogens is 2. The fourth-order valence-electron chi connectivity index (χ4n) is 1.69. The van der Waals surface area contributed by atoms with Crippen LogP contribution < -0.4 is 15.9 Å². The summed E-state index contributed by atoms with van der Waals surface area (Å²) >= 11 is 0. The maximum atomic E-state index is 11.4. The van der Waals surface area contributed by atoms with Crippen LogP contribution in [-0.4, -0.2) is 15.0 Å². The molecule has 0 atom stereocenters. The molecule has 0 amide bonds. The van der Waals surface area contributed by atoms with Gasteiger partial charge in [0.15, 0.2) is 11.4 Å². The minimum Gasteiger partial charge on any atom is -0.455 e. The van der Waals surface area contributed by atoms with Crippen LogP contribution in [0, 0.1) is 0 Å². The molecule has 0 spiro atoms. The van der Waals surface area contributed by atoms with E-state index in [4.69, 9.17) is 4.74 Å². The SMILES string of the molecule is CC.CC.O=c1[nH]c2nccc(Oc3ccccc3)c2[nH]c1=O. The van der Waals surface area contributed by atoms with Crippen LogP contribution in [0.2, 0.25) is 0 Å². The van der Waals surface area contributed by atoms with Crippen LogP contribution >= 0.6 is 0 Å². The third-order valence-electron chi connectivity index (χ3n) is 2.56. The molecular formula is C17H21N3O3. The Morgan fingerprint density at radius 3 is 2.13 bits per heavy atom. The van der Waals surface area contributed by atoms with Gasteiger partial charge in [-0.05, 0) is 12.1 Å². The third kappa shape index (κ3) is 4.54. The normalized spacial score (nSPS) is 9.22. The van der Waals surface area contributed by atoms with Crippen LogP contribution in [0.1, 0.15) is 27.7 Å². The van der Waals surface area contributed by atoms with E-state index < -0.39 is 11.1 Å². The van der Waals surface area contributed by atoms with E-state index in [0.717, 1.165) is 0 Å². The van der Waals surface area contributed by atoms with Gasteiger partial charge in [0.1, 0.15) is 11.3 Å².